The molecule has 1 N–H and O–H groups in total. The second kappa shape index (κ2) is 11.2. The summed E-state index contributed by atoms with van der Waals surface area (Å²) in [6.45, 7) is 3.25. The van der Waals surface area contributed by atoms with Gasteiger partial charge in [0.15, 0.2) is 11.9 Å². The molecule has 0 radical (unpaired) electrons. The second-order valence-electron chi connectivity index (χ2n) is 7.11. The SMILES string of the molecule is Cc1ccccc1C(=O)Oc1ccc(Br)cc1/C=N\NC(=O)[C@@H](C)Oc1ccccc1[N+](=O)[O-]. The highest BCUT2D eigenvalue weighted by molar-refractivity contribution is 9.10. The summed E-state index contributed by atoms with van der Waals surface area (Å²) >= 11 is 3.35. The number of nitro benzene ring substituents is 1. The van der Waals surface area contributed by atoms with Gasteiger partial charge in [-0.1, -0.05) is 46.3 Å². The van der Waals surface area contributed by atoms with Crippen molar-refractivity contribution >= 4 is 39.7 Å². The van der Waals surface area contributed by atoms with Crippen molar-refractivity contribution in [1.82, 2.24) is 5.43 Å². The van der Waals surface area contributed by atoms with Crippen molar-refractivity contribution in [3.05, 3.63) is 98.0 Å². The predicted octanol–water partition coefficient (Wildman–Crippen LogP) is 4.80. The lowest BCUT2D eigenvalue weighted by Crippen LogP contribution is -2.33. The molecule has 0 saturated heterocycles. The van der Waals surface area contributed by atoms with E-state index in [1.807, 2.05) is 19.1 Å². The van der Waals surface area contributed by atoms with Crippen molar-refractivity contribution in [3.63, 3.8) is 0 Å². The summed E-state index contributed by atoms with van der Waals surface area (Å²) in [7, 11) is 0. The molecule has 9 nitrogen and oxygen atoms in total. The van der Waals surface area contributed by atoms with Gasteiger partial charge < -0.3 is 9.47 Å². The number of benzene rings is 3. The molecule has 0 aliphatic rings. The Morgan fingerprint density at radius 2 is 1.79 bits per heavy atom. The third-order valence-electron chi connectivity index (χ3n) is 4.65. The molecule has 0 saturated carbocycles. The molecule has 174 valence electrons. The number of carbonyl (C=O) groups excluding carboxylic acids is 2. The van der Waals surface area contributed by atoms with E-state index in [4.69, 9.17) is 9.47 Å². The zero-order chi connectivity index (χ0) is 24.7. The Kier molecular flexibility index (Phi) is 8.10. The summed E-state index contributed by atoms with van der Waals surface area (Å²) in [5, 5.41) is 15.0. The van der Waals surface area contributed by atoms with Crippen LogP contribution in [0.3, 0.4) is 0 Å². The monoisotopic (exact) mass is 525 g/mol. The summed E-state index contributed by atoms with van der Waals surface area (Å²) in [6.07, 6.45) is 0.264. The molecule has 34 heavy (non-hydrogen) atoms. The number of halogens is 1. The number of hydrogen-bond donors (Lipinski definition) is 1. The van der Waals surface area contributed by atoms with Crippen molar-refractivity contribution in [3.8, 4) is 11.5 Å². The largest absolute Gasteiger partial charge is 0.474 e. The van der Waals surface area contributed by atoms with Crippen molar-refractivity contribution in [1.29, 1.82) is 0 Å². The van der Waals surface area contributed by atoms with E-state index in [0.717, 1.165) is 5.56 Å². The number of hydrogen-bond acceptors (Lipinski definition) is 7. The summed E-state index contributed by atoms with van der Waals surface area (Å²) in [5.41, 5.74) is 3.72. The number of nitrogens with one attached hydrogen (secondary N) is 1. The number of para-hydroxylation sites is 2. The van der Waals surface area contributed by atoms with Crippen LogP contribution in [0.5, 0.6) is 11.5 Å². The molecular formula is C24H20BrN3O6. The Balaban J connectivity index is 1.69. The molecule has 1 amide bonds. The summed E-state index contributed by atoms with van der Waals surface area (Å²) < 4.78 is 11.7. The van der Waals surface area contributed by atoms with Crippen LogP contribution >= 0.6 is 15.9 Å². The number of amides is 1. The predicted molar refractivity (Wildman–Crippen MR) is 129 cm³/mol. The second-order valence-corrected chi connectivity index (χ2v) is 8.02. The average Bonchev–Trinajstić information content (AvgIpc) is 2.81. The molecular weight excluding hydrogens is 506 g/mol. The number of rotatable bonds is 8. The van der Waals surface area contributed by atoms with Crippen LogP contribution in [0.2, 0.25) is 0 Å². The zero-order valence-electron chi connectivity index (χ0n) is 18.2. The minimum atomic E-state index is -1.06. The van der Waals surface area contributed by atoms with Crippen molar-refractivity contribution in [2.24, 2.45) is 5.10 Å². The number of hydrazone groups is 1. The third kappa shape index (κ3) is 6.26. The Morgan fingerprint density at radius 3 is 2.53 bits per heavy atom. The number of ether oxygens (including phenoxy) is 2. The standard InChI is InChI=1S/C24H20BrN3O6/c1-15-7-3-4-8-19(15)24(30)34-21-12-11-18(25)13-17(21)14-26-27-23(29)16(2)33-22-10-6-5-9-20(22)28(31)32/h3-14,16H,1-2H3,(H,27,29)/b26-14-/t16-/m1/s1. The maximum atomic E-state index is 12.6. The van der Waals surface area contributed by atoms with Crippen molar-refractivity contribution < 1.29 is 24.0 Å². The molecule has 0 heterocycles. The van der Waals surface area contributed by atoms with Gasteiger partial charge in [0.2, 0.25) is 0 Å². The van der Waals surface area contributed by atoms with E-state index in [-0.39, 0.29) is 17.2 Å². The molecule has 0 fully saturated rings. The quantitative estimate of drug-likeness (QED) is 0.148. The van der Waals surface area contributed by atoms with E-state index in [9.17, 15) is 19.7 Å². The topological polar surface area (TPSA) is 120 Å². The lowest BCUT2D eigenvalue weighted by atomic mass is 10.1. The van der Waals surface area contributed by atoms with Gasteiger partial charge in [-0.25, -0.2) is 10.2 Å². The highest BCUT2D eigenvalue weighted by atomic mass is 79.9. The van der Waals surface area contributed by atoms with Crippen LogP contribution < -0.4 is 14.9 Å². The fourth-order valence-electron chi connectivity index (χ4n) is 2.88. The lowest BCUT2D eigenvalue weighted by Gasteiger charge is -2.13. The summed E-state index contributed by atoms with van der Waals surface area (Å²) in [6, 6.07) is 17.8. The molecule has 0 aromatic heterocycles. The zero-order valence-corrected chi connectivity index (χ0v) is 19.8. The van der Waals surface area contributed by atoms with Gasteiger partial charge in [-0.15, -0.1) is 0 Å². The maximum absolute atomic E-state index is 12.6. The molecule has 3 rings (SSSR count). The summed E-state index contributed by atoms with van der Waals surface area (Å²) in [5.74, 6) is -0.927. The van der Waals surface area contributed by atoms with Crippen LogP contribution in [-0.2, 0) is 4.79 Å². The first kappa shape index (κ1) is 24.6. The molecule has 0 unspecified atom stereocenters. The van der Waals surface area contributed by atoms with Crippen LogP contribution in [0, 0.1) is 17.0 Å². The van der Waals surface area contributed by atoms with Gasteiger partial charge in [-0.3, -0.25) is 14.9 Å². The Labute approximate surface area is 203 Å². The van der Waals surface area contributed by atoms with Gasteiger partial charge in [-0.2, -0.15) is 5.10 Å². The molecule has 0 aliphatic heterocycles. The highest BCUT2D eigenvalue weighted by Crippen LogP contribution is 2.27. The lowest BCUT2D eigenvalue weighted by molar-refractivity contribution is -0.386. The number of nitro groups is 1. The number of aryl methyl sites for hydroxylation is 1. The maximum Gasteiger partial charge on any atom is 0.343 e. The van der Waals surface area contributed by atoms with Crippen LogP contribution in [0.4, 0.5) is 5.69 Å². The molecule has 3 aromatic carbocycles. The minimum absolute atomic E-state index is 0.0310. The van der Waals surface area contributed by atoms with E-state index in [1.165, 1.54) is 31.3 Å². The molecule has 0 bridgehead atoms. The van der Waals surface area contributed by atoms with E-state index in [0.29, 0.717) is 15.6 Å². The van der Waals surface area contributed by atoms with Crippen molar-refractivity contribution in [2.75, 3.05) is 0 Å². The number of esters is 1. The highest BCUT2D eigenvalue weighted by Gasteiger charge is 2.20. The van der Waals surface area contributed by atoms with Crippen LogP contribution in [0.15, 0.2) is 76.3 Å². The van der Waals surface area contributed by atoms with E-state index in [1.54, 1.807) is 36.4 Å². The van der Waals surface area contributed by atoms with Gasteiger partial charge in [0.25, 0.3) is 5.91 Å². The Hall–Kier alpha value is -4.05. The smallest absolute Gasteiger partial charge is 0.343 e. The van der Waals surface area contributed by atoms with Gasteiger partial charge in [0, 0.05) is 16.1 Å². The average molecular weight is 526 g/mol. The van der Waals surface area contributed by atoms with Crippen LogP contribution in [-0.4, -0.2) is 29.1 Å². The van der Waals surface area contributed by atoms with Gasteiger partial charge >= 0.3 is 11.7 Å². The Bertz CT molecular complexity index is 1260. The van der Waals surface area contributed by atoms with Crippen LogP contribution in [0.1, 0.15) is 28.4 Å². The van der Waals surface area contributed by atoms with Crippen molar-refractivity contribution in [2.45, 2.75) is 20.0 Å². The van der Waals surface area contributed by atoms with Gasteiger partial charge in [-0.05, 0) is 49.7 Å². The first-order valence-electron chi connectivity index (χ1n) is 10.1. The number of carbonyl (C=O) groups is 2. The van der Waals surface area contributed by atoms with E-state index >= 15 is 0 Å². The molecule has 0 aliphatic carbocycles. The van der Waals surface area contributed by atoms with Crippen LogP contribution in [0.25, 0.3) is 0 Å². The fraction of sp³-hybridized carbons (Fsp3) is 0.125. The molecule has 10 heteroatoms. The number of nitrogens with zero attached hydrogens (tertiary/aromatic N) is 2. The summed E-state index contributed by atoms with van der Waals surface area (Å²) in [4.78, 5) is 35.5. The van der Waals surface area contributed by atoms with Gasteiger partial charge in [0.1, 0.15) is 5.75 Å². The normalized spacial score (nSPS) is 11.6. The van der Waals surface area contributed by atoms with Gasteiger partial charge in [0.05, 0.1) is 16.7 Å². The first-order valence-corrected chi connectivity index (χ1v) is 10.9. The van der Waals surface area contributed by atoms with E-state index in [2.05, 4.69) is 26.5 Å². The fourth-order valence-corrected chi connectivity index (χ4v) is 3.26. The third-order valence-corrected chi connectivity index (χ3v) is 5.15. The minimum Gasteiger partial charge on any atom is -0.474 e. The molecule has 0 spiro atoms. The van der Waals surface area contributed by atoms with E-state index < -0.39 is 22.9 Å². The first-order chi connectivity index (χ1) is 16.3. The Morgan fingerprint density at radius 1 is 1.09 bits per heavy atom. The molecule has 1 atom stereocenters. The molecule has 3 aromatic rings.